The van der Waals surface area contributed by atoms with E-state index in [4.69, 9.17) is 9.47 Å². The molecule has 0 fully saturated rings. The lowest BCUT2D eigenvalue weighted by Gasteiger charge is -2.31. The van der Waals surface area contributed by atoms with E-state index in [-0.39, 0.29) is 0 Å². The summed E-state index contributed by atoms with van der Waals surface area (Å²) >= 11 is 1.78. The van der Waals surface area contributed by atoms with Crippen molar-refractivity contribution >= 4 is 23.1 Å². The Morgan fingerprint density at radius 1 is 0.515 bits per heavy atom. The second-order valence-corrected chi connectivity index (χ2v) is 9.40. The van der Waals surface area contributed by atoms with Crippen LogP contribution in [-0.2, 0) is 13.1 Å². The van der Waals surface area contributed by atoms with Crippen molar-refractivity contribution in [1.29, 1.82) is 0 Å². The van der Waals surface area contributed by atoms with Gasteiger partial charge in [-0.1, -0.05) is 48.2 Å². The molecular weight excluding hydrogens is 428 g/mol. The van der Waals surface area contributed by atoms with Crippen LogP contribution < -0.4 is 19.3 Å². The summed E-state index contributed by atoms with van der Waals surface area (Å²) in [7, 11) is 0. The van der Waals surface area contributed by atoms with Crippen molar-refractivity contribution in [2.75, 3.05) is 23.3 Å². The van der Waals surface area contributed by atoms with Crippen molar-refractivity contribution < 1.29 is 9.47 Å². The lowest BCUT2D eigenvalue weighted by molar-refractivity contribution is 0.289. The number of nitrogens with zero attached hydrogens (tertiary/aromatic N) is 2. The fourth-order valence-electron chi connectivity index (χ4n) is 4.27. The number of hydrogen-bond acceptors (Lipinski definition) is 5. The van der Waals surface area contributed by atoms with Crippen LogP contribution in [0.2, 0.25) is 0 Å². The number of ether oxygens (including phenoxy) is 2. The number of anilines is 2. The predicted molar refractivity (Wildman–Crippen MR) is 133 cm³/mol. The summed E-state index contributed by atoms with van der Waals surface area (Å²) in [5.41, 5.74) is 4.80. The van der Waals surface area contributed by atoms with Gasteiger partial charge in [-0.25, -0.2) is 0 Å². The third-order valence-electron chi connectivity index (χ3n) is 6.06. The Kier molecular flexibility index (Phi) is 5.32. The molecule has 2 aliphatic rings. The van der Waals surface area contributed by atoms with E-state index in [1.807, 2.05) is 24.3 Å². The molecule has 0 saturated carbocycles. The second-order valence-electron chi connectivity index (χ2n) is 8.25. The molecule has 0 N–H and O–H groups in total. The van der Waals surface area contributed by atoms with Crippen LogP contribution in [0.5, 0.6) is 11.5 Å². The molecule has 0 atom stereocenters. The van der Waals surface area contributed by atoms with Crippen molar-refractivity contribution in [2.45, 2.75) is 22.9 Å². The molecule has 4 nitrogen and oxygen atoms in total. The van der Waals surface area contributed by atoms with E-state index in [1.165, 1.54) is 32.3 Å². The van der Waals surface area contributed by atoms with E-state index in [1.54, 1.807) is 11.8 Å². The summed E-state index contributed by atoms with van der Waals surface area (Å²) in [6, 6.07) is 33.9. The average molecular weight is 453 g/mol. The minimum atomic E-state index is 0.579. The highest BCUT2D eigenvalue weighted by Crippen LogP contribution is 2.34. The monoisotopic (exact) mass is 452 g/mol. The predicted octanol–water partition coefficient (Wildman–Crippen LogP) is 6.55. The third-order valence-corrected chi connectivity index (χ3v) is 7.07. The lowest BCUT2D eigenvalue weighted by atomic mass is 10.1. The van der Waals surface area contributed by atoms with Gasteiger partial charge in [0.15, 0.2) is 13.5 Å². The first kappa shape index (κ1) is 20.1. The van der Waals surface area contributed by atoms with Gasteiger partial charge in [-0.05, 0) is 60.7 Å². The van der Waals surface area contributed by atoms with Gasteiger partial charge >= 0.3 is 0 Å². The van der Waals surface area contributed by atoms with Crippen molar-refractivity contribution in [3.05, 3.63) is 108 Å². The van der Waals surface area contributed by atoms with Gasteiger partial charge in [0.25, 0.3) is 0 Å². The Morgan fingerprint density at radius 2 is 0.939 bits per heavy atom. The molecule has 0 bridgehead atoms. The van der Waals surface area contributed by atoms with Crippen LogP contribution in [0.15, 0.2) is 107 Å². The molecule has 0 spiro atoms. The van der Waals surface area contributed by atoms with Gasteiger partial charge in [0.2, 0.25) is 0 Å². The van der Waals surface area contributed by atoms with Crippen LogP contribution >= 0.6 is 11.8 Å². The van der Waals surface area contributed by atoms with E-state index < -0.39 is 0 Å². The molecule has 164 valence electrons. The van der Waals surface area contributed by atoms with E-state index in [2.05, 4.69) is 82.6 Å². The molecular formula is C28H24N2O2S. The minimum Gasteiger partial charge on any atom is -0.473 e. The molecule has 0 unspecified atom stereocenters. The molecule has 4 aromatic carbocycles. The summed E-state index contributed by atoms with van der Waals surface area (Å²) in [5, 5.41) is 0. The summed E-state index contributed by atoms with van der Waals surface area (Å²) in [5.74, 6) is 1.98. The maximum atomic E-state index is 5.90. The number of fused-ring (bicyclic) bond motifs is 2. The summed E-state index contributed by atoms with van der Waals surface area (Å²) in [6.07, 6.45) is 0. The van der Waals surface area contributed by atoms with Crippen LogP contribution in [0.3, 0.4) is 0 Å². The molecule has 33 heavy (non-hydrogen) atoms. The Balaban J connectivity index is 1.10. The van der Waals surface area contributed by atoms with E-state index in [0.29, 0.717) is 13.5 Å². The van der Waals surface area contributed by atoms with Gasteiger partial charge in [0.05, 0.1) is 0 Å². The van der Waals surface area contributed by atoms with Gasteiger partial charge in [-0.15, -0.1) is 0 Å². The number of benzene rings is 4. The van der Waals surface area contributed by atoms with Gasteiger partial charge < -0.3 is 19.3 Å². The first-order valence-electron chi connectivity index (χ1n) is 11.1. The highest BCUT2D eigenvalue weighted by molar-refractivity contribution is 7.99. The van der Waals surface area contributed by atoms with Crippen LogP contribution in [0, 0.1) is 0 Å². The Bertz CT molecular complexity index is 1160. The summed E-state index contributed by atoms with van der Waals surface area (Å²) in [6.45, 7) is 2.90. The SMILES string of the molecule is c1ccc2c(c1)CN(c1ccc(Sc3ccc(N4COc5ccccc5C4)cc3)cc1)CO2. The van der Waals surface area contributed by atoms with Crippen molar-refractivity contribution in [3.63, 3.8) is 0 Å². The van der Waals surface area contributed by atoms with Gasteiger partial charge in [-0.3, -0.25) is 0 Å². The van der Waals surface area contributed by atoms with Gasteiger partial charge in [0.1, 0.15) is 11.5 Å². The average Bonchev–Trinajstić information content (AvgIpc) is 2.89. The van der Waals surface area contributed by atoms with Crippen molar-refractivity contribution in [3.8, 4) is 11.5 Å². The number of rotatable bonds is 4. The van der Waals surface area contributed by atoms with E-state index in [9.17, 15) is 0 Å². The fourth-order valence-corrected chi connectivity index (χ4v) is 5.08. The van der Waals surface area contributed by atoms with E-state index in [0.717, 1.165) is 24.6 Å². The summed E-state index contributed by atoms with van der Waals surface area (Å²) < 4.78 is 11.8. The molecule has 0 amide bonds. The topological polar surface area (TPSA) is 24.9 Å². The highest BCUT2D eigenvalue weighted by atomic mass is 32.2. The Morgan fingerprint density at radius 3 is 1.39 bits per heavy atom. The van der Waals surface area contributed by atoms with Crippen LogP contribution in [-0.4, -0.2) is 13.5 Å². The van der Waals surface area contributed by atoms with Crippen LogP contribution in [0.25, 0.3) is 0 Å². The molecule has 0 radical (unpaired) electrons. The van der Waals surface area contributed by atoms with Gasteiger partial charge in [0, 0.05) is 45.4 Å². The highest BCUT2D eigenvalue weighted by Gasteiger charge is 2.18. The van der Waals surface area contributed by atoms with Gasteiger partial charge in [-0.2, -0.15) is 0 Å². The van der Waals surface area contributed by atoms with Crippen LogP contribution in [0.1, 0.15) is 11.1 Å². The molecule has 0 saturated heterocycles. The molecule has 2 aliphatic heterocycles. The third kappa shape index (κ3) is 4.24. The van der Waals surface area contributed by atoms with E-state index >= 15 is 0 Å². The molecule has 6 rings (SSSR count). The van der Waals surface area contributed by atoms with Crippen molar-refractivity contribution in [2.24, 2.45) is 0 Å². The summed E-state index contributed by atoms with van der Waals surface area (Å²) in [4.78, 5) is 6.95. The molecule has 0 aliphatic carbocycles. The molecule has 5 heteroatoms. The zero-order chi connectivity index (χ0) is 22.0. The zero-order valence-corrected chi connectivity index (χ0v) is 19.0. The zero-order valence-electron chi connectivity index (χ0n) is 18.2. The Labute approximate surface area is 198 Å². The standard InChI is InChI=1S/C28H24N2O2S/c1-3-7-27-21(5-1)17-29(19-31-27)23-9-13-25(14-10-23)33-26-15-11-24(12-16-26)30-18-22-6-2-4-8-28(22)32-20-30/h1-16H,17-20H2. The first-order valence-corrected chi connectivity index (χ1v) is 11.9. The van der Waals surface area contributed by atoms with Crippen molar-refractivity contribution in [1.82, 2.24) is 0 Å². The number of para-hydroxylation sites is 2. The largest absolute Gasteiger partial charge is 0.473 e. The molecule has 0 aromatic heterocycles. The minimum absolute atomic E-state index is 0.579. The molecule has 2 heterocycles. The normalized spacial score (nSPS) is 14.7. The number of hydrogen-bond donors (Lipinski definition) is 0. The van der Waals surface area contributed by atoms with Crippen LogP contribution in [0.4, 0.5) is 11.4 Å². The fraction of sp³-hybridized carbons (Fsp3) is 0.143. The lowest BCUT2D eigenvalue weighted by Crippen LogP contribution is -2.31. The molecule has 4 aromatic rings. The maximum Gasteiger partial charge on any atom is 0.161 e. The quantitative estimate of drug-likeness (QED) is 0.350. The maximum absolute atomic E-state index is 5.90. The smallest absolute Gasteiger partial charge is 0.161 e. The second kappa shape index (κ2) is 8.75. The Hall–Kier alpha value is -3.57. The first-order chi connectivity index (χ1) is 16.3.